The van der Waals surface area contributed by atoms with E-state index in [-0.39, 0.29) is 119 Å². The Morgan fingerprint density at radius 3 is 0.829 bits per heavy atom. The number of likely N-dealkylation sites (tertiary alicyclic amines) is 2. The molecular weight excluding hydrogens is 924 g/mol. The standard InChI is InChI=1S/C56H54Cl2N6O6/c57-45-22-40(56(70)64-29-43(53(67)61-49-25-37(49)33-17-9-3-10-18-33)44(30-64)54(68)62-50-26-38(50)34-19-11-4-12-20-34)46(58)21-39(45)55(69)63-27-41(51(65)59-47-23-35(47)31-13-5-1-6-14-31)42(28-63)52(66)60-48-24-36(48)32-15-7-2-8-16-32/h1-22,35-38,41-44,47-50H,23-30H2,(H,59,65)(H,60,66)(H,61,67)(H,62,68)/t35-,36-,37-,38-,41-,42-,43-,44-,47+,48+,49+,50+/m1/s1. The number of hydrogen-bond donors (Lipinski definition) is 4. The number of amides is 6. The average Bonchev–Trinajstić information content (AvgIpc) is 4.32. The van der Waals surface area contributed by atoms with E-state index in [1.807, 2.05) is 121 Å². The van der Waals surface area contributed by atoms with E-state index >= 15 is 0 Å². The quantitative estimate of drug-likeness (QED) is 0.0935. The van der Waals surface area contributed by atoms with Crippen molar-refractivity contribution in [3.63, 3.8) is 0 Å². The van der Waals surface area contributed by atoms with Gasteiger partial charge in [-0.15, -0.1) is 0 Å². The van der Waals surface area contributed by atoms with Crippen LogP contribution in [0.25, 0.3) is 0 Å². The maximum atomic E-state index is 14.4. The van der Waals surface area contributed by atoms with Gasteiger partial charge >= 0.3 is 0 Å². The number of benzene rings is 5. The molecule has 4 saturated carbocycles. The van der Waals surface area contributed by atoms with Crippen molar-refractivity contribution >= 4 is 58.6 Å². The van der Waals surface area contributed by atoms with Gasteiger partial charge in [-0.1, -0.05) is 145 Å². The van der Waals surface area contributed by atoms with Crippen molar-refractivity contribution < 1.29 is 28.8 Å². The maximum Gasteiger partial charge on any atom is 0.255 e. The summed E-state index contributed by atoms with van der Waals surface area (Å²) in [5.41, 5.74) is 4.58. The predicted molar refractivity (Wildman–Crippen MR) is 265 cm³/mol. The first-order valence-corrected chi connectivity index (χ1v) is 25.2. The third-order valence-electron chi connectivity index (χ3n) is 15.5. The highest BCUT2D eigenvalue weighted by atomic mass is 35.5. The van der Waals surface area contributed by atoms with E-state index in [0.29, 0.717) is 0 Å². The average molecular weight is 978 g/mol. The van der Waals surface area contributed by atoms with E-state index in [2.05, 4.69) is 21.3 Å². The Morgan fingerprint density at radius 1 is 0.371 bits per heavy atom. The van der Waals surface area contributed by atoms with E-state index in [0.717, 1.165) is 47.9 Å². The van der Waals surface area contributed by atoms with Crippen LogP contribution in [0.5, 0.6) is 0 Å². The second-order valence-electron chi connectivity index (χ2n) is 20.1. The van der Waals surface area contributed by atoms with Crippen molar-refractivity contribution in [3.05, 3.63) is 177 Å². The van der Waals surface area contributed by atoms with Gasteiger partial charge in [0.05, 0.1) is 44.8 Å². The van der Waals surface area contributed by atoms with Crippen molar-refractivity contribution in [2.24, 2.45) is 23.7 Å². The third-order valence-corrected chi connectivity index (χ3v) is 16.1. The van der Waals surface area contributed by atoms with Crippen LogP contribution < -0.4 is 21.3 Å². The molecule has 6 fully saturated rings. The highest BCUT2D eigenvalue weighted by molar-refractivity contribution is 6.38. The van der Waals surface area contributed by atoms with E-state index in [1.54, 1.807) is 0 Å². The molecule has 12 atom stereocenters. The second kappa shape index (κ2) is 19.0. The summed E-state index contributed by atoms with van der Waals surface area (Å²) < 4.78 is 0. The molecule has 358 valence electrons. The summed E-state index contributed by atoms with van der Waals surface area (Å²) in [7, 11) is 0. The van der Waals surface area contributed by atoms with Crippen molar-refractivity contribution in [2.75, 3.05) is 26.2 Å². The van der Waals surface area contributed by atoms with E-state index in [1.165, 1.54) is 21.9 Å². The molecule has 14 heteroatoms. The minimum Gasteiger partial charge on any atom is -0.352 e. The smallest absolute Gasteiger partial charge is 0.255 e. The van der Waals surface area contributed by atoms with Gasteiger partial charge in [-0.05, 0) is 60.1 Å². The van der Waals surface area contributed by atoms with Crippen LogP contribution in [0.15, 0.2) is 133 Å². The fraction of sp³-hybridized carbons (Fsp3) is 0.357. The molecule has 5 aromatic carbocycles. The van der Waals surface area contributed by atoms with Gasteiger partial charge in [-0.2, -0.15) is 0 Å². The number of carbonyl (C=O) groups excluding carboxylic acids is 6. The zero-order valence-corrected chi connectivity index (χ0v) is 39.9. The normalized spacial score (nSPS) is 29.1. The Hall–Kier alpha value is -6.50. The van der Waals surface area contributed by atoms with Gasteiger partial charge in [0.2, 0.25) is 23.6 Å². The molecule has 6 aliphatic rings. The molecule has 2 saturated heterocycles. The lowest BCUT2D eigenvalue weighted by Crippen LogP contribution is -2.43. The monoisotopic (exact) mass is 976 g/mol. The van der Waals surface area contributed by atoms with Crippen molar-refractivity contribution in [3.8, 4) is 0 Å². The first kappa shape index (κ1) is 45.9. The molecule has 0 bridgehead atoms. The summed E-state index contributed by atoms with van der Waals surface area (Å²) >= 11 is 13.8. The van der Waals surface area contributed by atoms with Gasteiger partial charge in [0.15, 0.2) is 0 Å². The fourth-order valence-electron chi connectivity index (χ4n) is 11.1. The predicted octanol–water partition coefficient (Wildman–Crippen LogP) is 7.06. The number of carbonyl (C=O) groups is 6. The van der Waals surface area contributed by atoms with Crippen molar-refractivity contribution in [1.82, 2.24) is 31.1 Å². The van der Waals surface area contributed by atoms with Crippen LogP contribution >= 0.6 is 23.2 Å². The summed E-state index contributed by atoms with van der Waals surface area (Å²) in [5, 5.41) is 12.6. The molecule has 4 N–H and O–H groups in total. The lowest BCUT2D eigenvalue weighted by Gasteiger charge is -2.20. The molecule has 6 amide bonds. The lowest BCUT2D eigenvalue weighted by molar-refractivity contribution is -0.133. The van der Waals surface area contributed by atoms with Gasteiger partial charge in [0.25, 0.3) is 11.8 Å². The molecule has 0 aromatic heterocycles. The van der Waals surface area contributed by atoms with E-state index < -0.39 is 35.5 Å². The summed E-state index contributed by atoms with van der Waals surface area (Å²) in [6, 6.07) is 42.3. The Morgan fingerprint density at radius 2 is 0.600 bits per heavy atom. The molecule has 5 aromatic rings. The molecule has 0 radical (unpaired) electrons. The Bertz CT molecular complexity index is 2500. The Labute approximate surface area is 416 Å². The zero-order valence-electron chi connectivity index (χ0n) is 38.4. The summed E-state index contributed by atoms with van der Waals surface area (Å²) in [4.78, 5) is 88.0. The number of nitrogens with one attached hydrogen (secondary N) is 4. The van der Waals surface area contributed by atoms with Crippen LogP contribution in [0, 0.1) is 23.7 Å². The van der Waals surface area contributed by atoms with Gasteiger partial charge in [-0.25, -0.2) is 0 Å². The molecular formula is C56H54Cl2N6O6. The van der Waals surface area contributed by atoms with Crippen LogP contribution in [0.1, 0.15) is 92.3 Å². The Kier molecular flexibility index (Phi) is 12.5. The minimum absolute atomic E-state index is 0.0202. The number of rotatable bonds is 14. The molecule has 0 unspecified atom stereocenters. The van der Waals surface area contributed by atoms with E-state index in [4.69, 9.17) is 23.2 Å². The summed E-state index contributed by atoms with van der Waals surface area (Å²) in [6.07, 6.45) is 3.14. The van der Waals surface area contributed by atoms with Crippen molar-refractivity contribution in [2.45, 2.75) is 73.5 Å². The van der Waals surface area contributed by atoms with Crippen LogP contribution in [-0.4, -0.2) is 95.6 Å². The molecule has 11 rings (SSSR count). The first-order valence-electron chi connectivity index (χ1n) is 24.5. The number of hydrogen-bond acceptors (Lipinski definition) is 6. The number of nitrogens with zero attached hydrogens (tertiary/aromatic N) is 2. The zero-order chi connectivity index (χ0) is 48.2. The lowest BCUT2D eigenvalue weighted by atomic mass is 9.94. The molecule has 2 heterocycles. The SMILES string of the molecule is O=C(N[C@H]1C[C@@H]1c1ccccc1)[C@@H]1CN(C(=O)c2cc(Cl)c(C(=O)N3C[C@@H](C(=O)N[C@H]4C[C@@H]4c4ccccc4)[C@H](C(=O)N[C@H]4C[C@@H]4c4ccccc4)C3)cc2Cl)C[C@H]1C(=O)N[C@H]1C[C@@H]1c1ccccc1. The molecule has 12 nitrogen and oxygen atoms in total. The van der Waals surface area contributed by atoms with Gasteiger partial charge in [-0.3, -0.25) is 28.8 Å². The topological polar surface area (TPSA) is 157 Å². The summed E-state index contributed by atoms with van der Waals surface area (Å²) in [5.74, 6) is -4.77. The van der Waals surface area contributed by atoms with Crippen LogP contribution in [0.3, 0.4) is 0 Å². The van der Waals surface area contributed by atoms with E-state index in [9.17, 15) is 28.8 Å². The highest BCUT2D eigenvalue weighted by Gasteiger charge is 2.51. The Balaban J connectivity index is 0.784. The second-order valence-corrected chi connectivity index (χ2v) is 20.9. The number of halogens is 2. The largest absolute Gasteiger partial charge is 0.352 e. The van der Waals surface area contributed by atoms with Gasteiger partial charge < -0.3 is 31.1 Å². The molecule has 70 heavy (non-hydrogen) atoms. The van der Waals surface area contributed by atoms with Crippen molar-refractivity contribution in [1.29, 1.82) is 0 Å². The third kappa shape index (κ3) is 9.55. The maximum absolute atomic E-state index is 14.4. The molecule has 0 spiro atoms. The first-order chi connectivity index (χ1) is 34.0. The molecule has 2 aliphatic heterocycles. The van der Waals surface area contributed by atoms with Crippen LogP contribution in [0.4, 0.5) is 0 Å². The van der Waals surface area contributed by atoms with Gasteiger partial charge in [0, 0.05) is 74.0 Å². The molecule has 4 aliphatic carbocycles. The van der Waals surface area contributed by atoms with Gasteiger partial charge in [0.1, 0.15) is 0 Å². The van der Waals surface area contributed by atoms with Crippen LogP contribution in [-0.2, 0) is 19.2 Å². The highest BCUT2D eigenvalue weighted by Crippen LogP contribution is 2.45. The minimum atomic E-state index is -0.816. The van der Waals surface area contributed by atoms with Crippen LogP contribution in [0.2, 0.25) is 10.0 Å². The summed E-state index contributed by atoms with van der Waals surface area (Å²) in [6.45, 7) is -0.0814. The fourth-order valence-corrected chi connectivity index (χ4v) is 11.6.